The highest BCUT2D eigenvalue weighted by molar-refractivity contribution is 9.09. The highest BCUT2D eigenvalue weighted by atomic mass is 79.9. The van der Waals surface area contributed by atoms with Crippen molar-refractivity contribution in [2.75, 3.05) is 11.9 Å². The Morgan fingerprint density at radius 1 is 1.40 bits per heavy atom. The van der Waals surface area contributed by atoms with Crippen LogP contribution in [0.25, 0.3) is 0 Å². The van der Waals surface area contributed by atoms with Crippen LogP contribution in [0.2, 0.25) is 0 Å². The van der Waals surface area contributed by atoms with Crippen molar-refractivity contribution in [3.05, 3.63) is 29.6 Å². The first-order chi connectivity index (χ1) is 7.13. The molecule has 1 aromatic rings. The molecule has 0 aliphatic heterocycles. The Balaban J connectivity index is 2.65. The fourth-order valence-corrected chi connectivity index (χ4v) is 2.02. The molecule has 0 bridgehead atoms. The second-order valence-corrected chi connectivity index (χ2v) is 4.92. The lowest BCUT2D eigenvalue weighted by Gasteiger charge is -2.25. The minimum atomic E-state index is 0.572. The van der Waals surface area contributed by atoms with Gasteiger partial charge in [0.1, 0.15) is 0 Å². The van der Waals surface area contributed by atoms with Crippen LogP contribution in [-0.2, 0) is 6.54 Å². The van der Waals surface area contributed by atoms with E-state index >= 15 is 0 Å². The molecule has 0 unspecified atom stereocenters. The first-order valence-electron chi connectivity index (χ1n) is 5.34. The van der Waals surface area contributed by atoms with Crippen molar-refractivity contribution in [1.29, 1.82) is 0 Å². The summed E-state index contributed by atoms with van der Waals surface area (Å²) in [6.07, 6.45) is 3.85. The molecule has 1 heterocycles. The molecule has 0 saturated heterocycles. The SMILES string of the molecule is Cc1cncc(CN(CCBr)C(C)C)c1. The van der Waals surface area contributed by atoms with Gasteiger partial charge in [0.05, 0.1) is 0 Å². The summed E-state index contributed by atoms with van der Waals surface area (Å²) in [7, 11) is 0. The molecule has 0 aliphatic carbocycles. The Kier molecular flexibility index (Phi) is 5.26. The van der Waals surface area contributed by atoms with Gasteiger partial charge in [0.25, 0.3) is 0 Å². The third kappa shape index (κ3) is 4.31. The van der Waals surface area contributed by atoms with Gasteiger partial charge >= 0.3 is 0 Å². The van der Waals surface area contributed by atoms with E-state index in [1.807, 2.05) is 12.4 Å². The molecule has 2 nitrogen and oxygen atoms in total. The molecule has 0 aromatic carbocycles. The van der Waals surface area contributed by atoms with Crippen molar-refractivity contribution in [3.8, 4) is 0 Å². The van der Waals surface area contributed by atoms with Crippen molar-refractivity contribution >= 4 is 15.9 Å². The van der Waals surface area contributed by atoms with E-state index in [0.29, 0.717) is 6.04 Å². The third-order valence-corrected chi connectivity index (χ3v) is 2.77. The van der Waals surface area contributed by atoms with Crippen LogP contribution in [0.4, 0.5) is 0 Å². The predicted molar refractivity (Wildman–Crippen MR) is 68.3 cm³/mol. The molecule has 84 valence electrons. The van der Waals surface area contributed by atoms with Crippen molar-refractivity contribution in [2.24, 2.45) is 0 Å². The summed E-state index contributed by atoms with van der Waals surface area (Å²) >= 11 is 3.49. The van der Waals surface area contributed by atoms with Crippen LogP contribution in [0, 0.1) is 6.92 Å². The number of rotatable bonds is 5. The number of halogens is 1. The summed E-state index contributed by atoms with van der Waals surface area (Å²) in [5.74, 6) is 0. The molecular formula is C12H19BrN2. The van der Waals surface area contributed by atoms with E-state index in [4.69, 9.17) is 0 Å². The standard InChI is InChI=1S/C12H19BrN2/c1-10(2)15(5-4-13)9-12-6-11(3)7-14-8-12/h6-8,10H,4-5,9H2,1-3H3. The van der Waals surface area contributed by atoms with Crippen molar-refractivity contribution in [3.63, 3.8) is 0 Å². The fourth-order valence-electron chi connectivity index (χ4n) is 1.57. The lowest BCUT2D eigenvalue weighted by molar-refractivity contribution is 0.227. The molecule has 0 spiro atoms. The van der Waals surface area contributed by atoms with Crippen molar-refractivity contribution in [2.45, 2.75) is 33.4 Å². The van der Waals surface area contributed by atoms with Crippen LogP contribution in [0.3, 0.4) is 0 Å². The number of aryl methyl sites for hydroxylation is 1. The zero-order valence-electron chi connectivity index (χ0n) is 9.70. The number of aromatic nitrogens is 1. The van der Waals surface area contributed by atoms with Gasteiger partial charge in [0.15, 0.2) is 0 Å². The second kappa shape index (κ2) is 6.23. The molecule has 0 saturated carbocycles. The summed E-state index contributed by atoms with van der Waals surface area (Å²) < 4.78 is 0. The molecule has 0 aliphatic rings. The summed E-state index contributed by atoms with van der Waals surface area (Å²) in [6, 6.07) is 2.78. The summed E-state index contributed by atoms with van der Waals surface area (Å²) in [5, 5.41) is 1.02. The van der Waals surface area contributed by atoms with Gasteiger partial charge in [0.2, 0.25) is 0 Å². The highest BCUT2D eigenvalue weighted by Crippen LogP contribution is 2.09. The molecule has 0 amide bonds. The summed E-state index contributed by atoms with van der Waals surface area (Å²) in [5.41, 5.74) is 2.53. The molecule has 0 N–H and O–H groups in total. The molecule has 3 heteroatoms. The molecule has 0 radical (unpaired) electrons. The summed E-state index contributed by atoms with van der Waals surface area (Å²) in [6.45, 7) is 8.60. The first kappa shape index (κ1) is 12.7. The molecule has 1 rings (SSSR count). The van der Waals surface area contributed by atoms with Gasteiger partial charge in [-0.25, -0.2) is 0 Å². The number of hydrogen-bond donors (Lipinski definition) is 0. The molecular weight excluding hydrogens is 252 g/mol. The Morgan fingerprint density at radius 2 is 2.13 bits per heavy atom. The van der Waals surface area contributed by atoms with Crippen LogP contribution >= 0.6 is 15.9 Å². The van der Waals surface area contributed by atoms with E-state index in [1.54, 1.807) is 0 Å². The van der Waals surface area contributed by atoms with Gasteiger partial charge in [-0.05, 0) is 31.9 Å². The molecule has 0 fully saturated rings. The van der Waals surface area contributed by atoms with E-state index < -0.39 is 0 Å². The molecule has 15 heavy (non-hydrogen) atoms. The average Bonchev–Trinajstić information content (AvgIpc) is 2.17. The highest BCUT2D eigenvalue weighted by Gasteiger charge is 2.09. The van der Waals surface area contributed by atoms with E-state index in [-0.39, 0.29) is 0 Å². The van der Waals surface area contributed by atoms with Gasteiger partial charge in [-0.1, -0.05) is 22.0 Å². The van der Waals surface area contributed by atoms with Gasteiger partial charge in [-0.2, -0.15) is 0 Å². The smallest absolute Gasteiger partial charge is 0.0313 e. The zero-order valence-corrected chi connectivity index (χ0v) is 11.3. The normalized spacial score (nSPS) is 11.3. The number of pyridine rings is 1. The van der Waals surface area contributed by atoms with Gasteiger partial charge < -0.3 is 0 Å². The number of hydrogen-bond acceptors (Lipinski definition) is 2. The van der Waals surface area contributed by atoms with E-state index in [9.17, 15) is 0 Å². The average molecular weight is 271 g/mol. The minimum absolute atomic E-state index is 0.572. The van der Waals surface area contributed by atoms with E-state index in [0.717, 1.165) is 18.4 Å². The van der Waals surface area contributed by atoms with Crippen LogP contribution in [0.1, 0.15) is 25.0 Å². The monoisotopic (exact) mass is 270 g/mol. The number of alkyl halides is 1. The van der Waals surface area contributed by atoms with Crippen LogP contribution in [-0.4, -0.2) is 27.8 Å². The Morgan fingerprint density at radius 3 is 2.67 bits per heavy atom. The van der Waals surface area contributed by atoms with Gasteiger partial charge in [-0.3, -0.25) is 9.88 Å². The maximum Gasteiger partial charge on any atom is 0.0313 e. The quantitative estimate of drug-likeness (QED) is 0.765. The maximum atomic E-state index is 4.22. The first-order valence-corrected chi connectivity index (χ1v) is 6.46. The molecule has 0 atom stereocenters. The Hall–Kier alpha value is -0.410. The Bertz CT molecular complexity index is 299. The largest absolute Gasteiger partial charge is 0.296 e. The van der Waals surface area contributed by atoms with Crippen LogP contribution < -0.4 is 0 Å². The van der Waals surface area contributed by atoms with Crippen LogP contribution in [0.5, 0.6) is 0 Å². The van der Waals surface area contributed by atoms with Gasteiger partial charge in [0, 0.05) is 36.9 Å². The van der Waals surface area contributed by atoms with Crippen molar-refractivity contribution < 1.29 is 0 Å². The third-order valence-electron chi connectivity index (χ3n) is 2.42. The van der Waals surface area contributed by atoms with E-state index in [2.05, 4.69) is 52.7 Å². The Labute approximate surface area is 101 Å². The van der Waals surface area contributed by atoms with Gasteiger partial charge in [-0.15, -0.1) is 0 Å². The fraction of sp³-hybridized carbons (Fsp3) is 0.583. The van der Waals surface area contributed by atoms with Crippen LogP contribution in [0.15, 0.2) is 18.5 Å². The van der Waals surface area contributed by atoms with Crippen molar-refractivity contribution in [1.82, 2.24) is 9.88 Å². The second-order valence-electron chi connectivity index (χ2n) is 4.12. The molecule has 1 aromatic heterocycles. The lowest BCUT2D eigenvalue weighted by atomic mass is 10.2. The lowest BCUT2D eigenvalue weighted by Crippen LogP contribution is -2.32. The van der Waals surface area contributed by atoms with E-state index in [1.165, 1.54) is 11.1 Å². The topological polar surface area (TPSA) is 16.1 Å². The predicted octanol–water partition coefficient (Wildman–Crippen LogP) is 3.00. The maximum absolute atomic E-state index is 4.22. The minimum Gasteiger partial charge on any atom is -0.296 e. The summed E-state index contributed by atoms with van der Waals surface area (Å²) in [4.78, 5) is 6.65. The number of nitrogens with zero attached hydrogens (tertiary/aromatic N) is 2. The zero-order chi connectivity index (χ0) is 11.3.